The Hall–Kier alpha value is -3.48. The molecule has 2 aromatic heterocycles. The zero-order valence-electron chi connectivity index (χ0n) is 12.5. The van der Waals surface area contributed by atoms with Crippen LogP contribution in [0.5, 0.6) is 0 Å². The number of allylic oxidation sites excluding steroid dienone is 1. The molecular formula is C18H11N5S. The van der Waals surface area contributed by atoms with Gasteiger partial charge in [0.1, 0.15) is 22.7 Å². The number of nitrogens with one attached hydrogen (secondary N) is 1. The molecule has 114 valence electrons. The number of pyridine rings is 1. The minimum absolute atomic E-state index is 0.0218. The van der Waals surface area contributed by atoms with Crippen molar-refractivity contribution < 1.29 is 0 Å². The number of nitrogens with zero attached hydrogens (tertiary/aromatic N) is 4. The molecule has 1 aromatic carbocycles. The molecule has 0 saturated carbocycles. The van der Waals surface area contributed by atoms with Crippen LogP contribution in [0.15, 0.2) is 65.9 Å². The number of nitriles is 2. The molecular weight excluding hydrogens is 318 g/mol. The van der Waals surface area contributed by atoms with Gasteiger partial charge in [0.15, 0.2) is 0 Å². The van der Waals surface area contributed by atoms with Crippen LogP contribution < -0.4 is 5.32 Å². The lowest BCUT2D eigenvalue weighted by molar-refractivity contribution is 1.31. The van der Waals surface area contributed by atoms with E-state index in [9.17, 15) is 0 Å². The van der Waals surface area contributed by atoms with E-state index in [-0.39, 0.29) is 5.57 Å². The lowest BCUT2D eigenvalue weighted by Crippen LogP contribution is -1.90. The summed E-state index contributed by atoms with van der Waals surface area (Å²) in [6.45, 7) is 0. The van der Waals surface area contributed by atoms with Gasteiger partial charge in [-0.1, -0.05) is 12.1 Å². The predicted molar refractivity (Wildman–Crippen MR) is 93.7 cm³/mol. The number of thiazole rings is 1. The molecule has 0 aliphatic heterocycles. The molecule has 1 N–H and O–H groups in total. The van der Waals surface area contributed by atoms with E-state index in [0.29, 0.717) is 0 Å². The van der Waals surface area contributed by atoms with E-state index >= 15 is 0 Å². The summed E-state index contributed by atoms with van der Waals surface area (Å²) in [4.78, 5) is 8.76. The van der Waals surface area contributed by atoms with Crippen LogP contribution in [0.1, 0.15) is 0 Å². The molecule has 0 fully saturated rings. The van der Waals surface area contributed by atoms with Crippen LogP contribution in [0.2, 0.25) is 0 Å². The first-order valence-electron chi connectivity index (χ1n) is 7.03. The maximum Gasteiger partial charge on any atom is 0.145 e. The molecule has 5 nitrogen and oxygen atoms in total. The molecule has 0 saturated heterocycles. The second-order valence-corrected chi connectivity index (χ2v) is 5.64. The van der Waals surface area contributed by atoms with Crippen LogP contribution in [-0.2, 0) is 0 Å². The molecule has 24 heavy (non-hydrogen) atoms. The topological polar surface area (TPSA) is 85.4 Å². The zero-order chi connectivity index (χ0) is 16.8. The highest BCUT2D eigenvalue weighted by Crippen LogP contribution is 2.29. The fourth-order valence-electron chi connectivity index (χ4n) is 2.04. The van der Waals surface area contributed by atoms with Crippen LogP contribution >= 0.6 is 11.3 Å². The van der Waals surface area contributed by atoms with E-state index in [0.717, 1.165) is 27.5 Å². The highest BCUT2D eigenvalue weighted by molar-refractivity contribution is 7.13. The fourth-order valence-corrected chi connectivity index (χ4v) is 2.87. The van der Waals surface area contributed by atoms with Crippen molar-refractivity contribution in [3.05, 3.63) is 65.9 Å². The largest absolute Gasteiger partial charge is 0.360 e. The minimum atomic E-state index is 0.0218. The van der Waals surface area contributed by atoms with Crippen LogP contribution in [0.3, 0.4) is 0 Å². The number of anilines is 1. The van der Waals surface area contributed by atoms with Crippen molar-refractivity contribution in [2.24, 2.45) is 0 Å². The molecule has 0 aliphatic rings. The highest BCUT2D eigenvalue weighted by atomic mass is 32.1. The maximum absolute atomic E-state index is 8.75. The third kappa shape index (κ3) is 3.46. The number of aromatic nitrogens is 2. The fraction of sp³-hybridized carbons (Fsp3) is 0. The van der Waals surface area contributed by atoms with Gasteiger partial charge in [0.25, 0.3) is 0 Å². The van der Waals surface area contributed by atoms with Gasteiger partial charge in [0.05, 0.1) is 5.69 Å². The Balaban J connectivity index is 1.85. The van der Waals surface area contributed by atoms with Crippen molar-refractivity contribution in [1.82, 2.24) is 9.97 Å². The minimum Gasteiger partial charge on any atom is -0.360 e. The zero-order valence-corrected chi connectivity index (χ0v) is 13.3. The van der Waals surface area contributed by atoms with Gasteiger partial charge in [-0.3, -0.25) is 4.98 Å². The van der Waals surface area contributed by atoms with Gasteiger partial charge in [-0.2, -0.15) is 10.5 Å². The Morgan fingerprint density at radius 2 is 1.96 bits per heavy atom. The standard InChI is InChI=1S/C18H11N5S/c19-8-13(9-20)10-22-16-5-1-3-14(7-16)18-23-17(12-24-18)15-4-2-6-21-11-15/h1-7,10-12,22H. The Labute approximate surface area is 143 Å². The Bertz CT molecular complexity index is 945. The van der Waals surface area contributed by atoms with Crippen LogP contribution in [0, 0.1) is 22.7 Å². The third-order valence-corrected chi connectivity index (χ3v) is 4.09. The number of benzene rings is 1. The molecule has 0 unspecified atom stereocenters. The van der Waals surface area contributed by atoms with Gasteiger partial charge in [0, 0.05) is 40.8 Å². The van der Waals surface area contributed by atoms with E-state index in [2.05, 4.69) is 15.3 Å². The first kappa shape index (κ1) is 15.4. The van der Waals surface area contributed by atoms with E-state index in [4.69, 9.17) is 10.5 Å². The van der Waals surface area contributed by atoms with Crippen LogP contribution in [0.4, 0.5) is 5.69 Å². The van der Waals surface area contributed by atoms with Gasteiger partial charge in [-0.15, -0.1) is 11.3 Å². The second-order valence-electron chi connectivity index (χ2n) is 4.79. The van der Waals surface area contributed by atoms with Gasteiger partial charge in [-0.25, -0.2) is 4.98 Å². The lowest BCUT2D eigenvalue weighted by Gasteiger charge is -2.03. The first-order chi connectivity index (χ1) is 11.8. The first-order valence-corrected chi connectivity index (χ1v) is 7.91. The van der Waals surface area contributed by atoms with Crippen LogP contribution in [0.25, 0.3) is 21.8 Å². The normalized spacial score (nSPS) is 9.58. The molecule has 0 amide bonds. The summed E-state index contributed by atoms with van der Waals surface area (Å²) in [5.41, 5.74) is 3.63. The van der Waals surface area contributed by atoms with Crippen LogP contribution in [-0.4, -0.2) is 9.97 Å². The van der Waals surface area contributed by atoms with Crippen molar-refractivity contribution in [1.29, 1.82) is 10.5 Å². The van der Waals surface area contributed by atoms with Gasteiger partial charge >= 0.3 is 0 Å². The summed E-state index contributed by atoms with van der Waals surface area (Å²) in [6.07, 6.45) is 4.91. The van der Waals surface area contributed by atoms with Crippen molar-refractivity contribution in [3.63, 3.8) is 0 Å². The monoisotopic (exact) mass is 329 g/mol. The number of hydrogen-bond donors (Lipinski definition) is 1. The average molecular weight is 329 g/mol. The predicted octanol–water partition coefficient (Wildman–Crippen LogP) is 4.22. The highest BCUT2D eigenvalue weighted by Gasteiger charge is 2.07. The van der Waals surface area contributed by atoms with Crippen molar-refractivity contribution in [3.8, 4) is 34.0 Å². The molecule has 0 atom stereocenters. The Morgan fingerprint density at radius 3 is 2.71 bits per heavy atom. The summed E-state index contributed by atoms with van der Waals surface area (Å²) < 4.78 is 0. The lowest BCUT2D eigenvalue weighted by atomic mass is 10.2. The van der Waals surface area contributed by atoms with Crippen molar-refractivity contribution in [2.45, 2.75) is 0 Å². The van der Waals surface area contributed by atoms with Gasteiger partial charge in [-0.05, 0) is 24.3 Å². The SMILES string of the molecule is N#CC(C#N)=CNc1cccc(-c2nc(-c3cccnc3)cs2)c1. The summed E-state index contributed by atoms with van der Waals surface area (Å²) >= 11 is 1.55. The summed E-state index contributed by atoms with van der Waals surface area (Å²) in [5.74, 6) is 0. The van der Waals surface area contributed by atoms with E-state index in [1.165, 1.54) is 6.20 Å². The molecule has 0 spiro atoms. The van der Waals surface area contributed by atoms with Gasteiger partial charge in [0.2, 0.25) is 0 Å². The Morgan fingerprint density at radius 1 is 1.12 bits per heavy atom. The Kier molecular flexibility index (Phi) is 4.62. The summed E-state index contributed by atoms with van der Waals surface area (Å²) in [6, 6.07) is 15.1. The molecule has 6 heteroatoms. The van der Waals surface area contributed by atoms with E-state index in [1.807, 2.05) is 53.9 Å². The smallest absolute Gasteiger partial charge is 0.145 e. The molecule has 0 aliphatic carbocycles. The molecule has 0 radical (unpaired) electrons. The van der Waals surface area contributed by atoms with E-state index in [1.54, 1.807) is 23.7 Å². The number of rotatable bonds is 4. The molecule has 3 rings (SSSR count). The quantitative estimate of drug-likeness (QED) is 0.724. The summed E-state index contributed by atoms with van der Waals surface area (Å²) in [5, 5.41) is 23.3. The van der Waals surface area contributed by atoms with Gasteiger partial charge < -0.3 is 5.32 Å². The number of hydrogen-bond acceptors (Lipinski definition) is 6. The maximum atomic E-state index is 8.75. The molecule has 0 bridgehead atoms. The molecule has 2 heterocycles. The summed E-state index contributed by atoms with van der Waals surface area (Å²) in [7, 11) is 0. The molecule has 3 aromatic rings. The van der Waals surface area contributed by atoms with Crippen molar-refractivity contribution in [2.75, 3.05) is 5.32 Å². The average Bonchev–Trinajstić information content (AvgIpc) is 3.14. The van der Waals surface area contributed by atoms with E-state index < -0.39 is 0 Å². The second kappa shape index (κ2) is 7.19. The van der Waals surface area contributed by atoms with Crippen molar-refractivity contribution >= 4 is 17.0 Å². The third-order valence-electron chi connectivity index (χ3n) is 3.20.